The average Bonchev–Trinajstić information content (AvgIpc) is 2.73. The van der Waals surface area contributed by atoms with Gasteiger partial charge >= 0.3 is 5.97 Å². The molecule has 0 aromatic heterocycles. The van der Waals surface area contributed by atoms with Crippen molar-refractivity contribution < 1.29 is 9.53 Å². The van der Waals surface area contributed by atoms with Gasteiger partial charge in [0.25, 0.3) is 0 Å². The van der Waals surface area contributed by atoms with E-state index in [0.717, 1.165) is 44.9 Å². The fourth-order valence-electron chi connectivity index (χ4n) is 4.01. The van der Waals surface area contributed by atoms with Crippen LogP contribution in [0.25, 0.3) is 0 Å². The number of carbonyl (C=O) groups is 1. The average molecular weight is 396 g/mol. The summed E-state index contributed by atoms with van der Waals surface area (Å²) < 4.78 is 5.22. The zero-order valence-electron chi connectivity index (χ0n) is 18.3. The summed E-state index contributed by atoms with van der Waals surface area (Å²) in [6.07, 6.45) is 4.23. The molecule has 7 heteroatoms. The summed E-state index contributed by atoms with van der Waals surface area (Å²) >= 11 is 0. The molecule has 2 aliphatic heterocycles. The van der Waals surface area contributed by atoms with Crippen LogP contribution in [0, 0.1) is 5.92 Å². The maximum atomic E-state index is 12.1. The summed E-state index contributed by atoms with van der Waals surface area (Å²) in [6, 6.07) is 0. The van der Waals surface area contributed by atoms with E-state index in [1.54, 1.807) is 0 Å². The van der Waals surface area contributed by atoms with Gasteiger partial charge in [-0.2, -0.15) is 0 Å². The van der Waals surface area contributed by atoms with Gasteiger partial charge < -0.3 is 24.8 Å². The molecule has 0 spiro atoms. The van der Waals surface area contributed by atoms with E-state index in [0.29, 0.717) is 13.2 Å². The van der Waals surface area contributed by atoms with E-state index in [4.69, 9.17) is 9.73 Å². The number of aliphatic imine (C=N–C) groups is 1. The molecule has 0 radical (unpaired) electrons. The fourth-order valence-corrected chi connectivity index (χ4v) is 4.01. The minimum Gasteiger partial charge on any atom is -0.466 e. The van der Waals surface area contributed by atoms with E-state index in [1.165, 1.54) is 45.7 Å². The Labute approximate surface area is 171 Å². The quantitative estimate of drug-likeness (QED) is 0.277. The fraction of sp³-hybridized carbons (Fsp3) is 0.905. The third kappa shape index (κ3) is 7.59. The second kappa shape index (κ2) is 13.0. The Hall–Kier alpha value is -1.34. The topological polar surface area (TPSA) is 60.4 Å². The first kappa shape index (κ1) is 22.9. The number of nitrogens with one attached hydrogen (secondary N) is 1. The minimum absolute atomic E-state index is 0.0284. The number of carbonyl (C=O) groups excluding carboxylic acids is 1. The van der Waals surface area contributed by atoms with Gasteiger partial charge in [-0.05, 0) is 52.6 Å². The number of likely N-dealkylation sites (N-methyl/N-ethyl adjacent to an activating group) is 1. The van der Waals surface area contributed by atoms with Crippen LogP contribution in [0.15, 0.2) is 4.99 Å². The van der Waals surface area contributed by atoms with Crippen molar-refractivity contribution in [3.8, 4) is 0 Å². The lowest BCUT2D eigenvalue weighted by molar-refractivity contribution is -0.149. The van der Waals surface area contributed by atoms with Crippen LogP contribution in [0.5, 0.6) is 0 Å². The molecular formula is C21H41N5O2. The normalized spacial score (nSPS) is 22.3. The van der Waals surface area contributed by atoms with Crippen molar-refractivity contribution in [2.24, 2.45) is 10.9 Å². The first-order chi connectivity index (χ1) is 13.7. The highest BCUT2D eigenvalue weighted by Gasteiger charge is 2.28. The van der Waals surface area contributed by atoms with Crippen LogP contribution in [0.4, 0.5) is 0 Å². The maximum absolute atomic E-state index is 12.1. The number of likely N-dealkylation sites (tertiary alicyclic amines) is 1. The van der Waals surface area contributed by atoms with Crippen molar-refractivity contribution in [1.82, 2.24) is 20.0 Å². The van der Waals surface area contributed by atoms with Crippen LogP contribution in [0.1, 0.15) is 46.5 Å². The molecule has 2 heterocycles. The van der Waals surface area contributed by atoms with Crippen molar-refractivity contribution in [2.75, 3.05) is 72.1 Å². The highest BCUT2D eigenvalue weighted by molar-refractivity contribution is 5.81. The molecule has 2 saturated heterocycles. The van der Waals surface area contributed by atoms with E-state index in [1.807, 2.05) is 6.92 Å². The molecule has 0 amide bonds. The Balaban J connectivity index is 1.73. The number of esters is 1. The summed E-state index contributed by atoms with van der Waals surface area (Å²) in [4.78, 5) is 24.3. The van der Waals surface area contributed by atoms with Crippen molar-refractivity contribution >= 4 is 11.9 Å². The number of guanidine groups is 1. The Morgan fingerprint density at radius 3 is 2.50 bits per heavy atom. The molecule has 0 aliphatic carbocycles. The van der Waals surface area contributed by atoms with E-state index in [2.05, 4.69) is 33.9 Å². The molecule has 0 bridgehead atoms. The van der Waals surface area contributed by atoms with Crippen molar-refractivity contribution in [2.45, 2.75) is 46.5 Å². The zero-order chi connectivity index (χ0) is 20.2. The molecule has 0 aromatic rings. The van der Waals surface area contributed by atoms with Crippen LogP contribution in [0.2, 0.25) is 0 Å². The number of piperidine rings is 1. The first-order valence-corrected chi connectivity index (χ1v) is 11.3. The summed E-state index contributed by atoms with van der Waals surface area (Å²) in [5.74, 6) is 0.860. The predicted octanol–water partition coefficient (Wildman–Crippen LogP) is 1.64. The molecule has 0 aromatic carbocycles. The largest absolute Gasteiger partial charge is 0.466 e. The van der Waals surface area contributed by atoms with Gasteiger partial charge in [-0.1, -0.05) is 6.92 Å². The van der Waals surface area contributed by atoms with Gasteiger partial charge in [0.1, 0.15) is 0 Å². The lowest BCUT2D eigenvalue weighted by Gasteiger charge is -2.34. The summed E-state index contributed by atoms with van der Waals surface area (Å²) in [5.41, 5.74) is 0. The van der Waals surface area contributed by atoms with Gasteiger partial charge in [-0.15, -0.1) is 0 Å². The Kier molecular flexibility index (Phi) is 10.6. The van der Waals surface area contributed by atoms with Crippen molar-refractivity contribution in [3.63, 3.8) is 0 Å². The Bertz CT molecular complexity index is 477. The number of piperazine rings is 1. The molecule has 2 fully saturated rings. The van der Waals surface area contributed by atoms with E-state index >= 15 is 0 Å². The maximum Gasteiger partial charge on any atom is 0.310 e. The zero-order valence-corrected chi connectivity index (χ0v) is 18.3. The van der Waals surface area contributed by atoms with Gasteiger partial charge in [-0.25, -0.2) is 0 Å². The number of nitrogens with zero attached hydrogens (tertiary/aromatic N) is 4. The van der Waals surface area contributed by atoms with Crippen LogP contribution >= 0.6 is 0 Å². The van der Waals surface area contributed by atoms with Crippen molar-refractivity contribution in [1.29, 1.82) is 0 Å². The molecular weight excluding hydrogens is 354 g/mol. The monoisotopic (exact) mass is 395 g/mol. The second-order valence-corrected chi connectivity index (χ2v) is 7.76. The van der Waals surface area contributed by atoms with Gasteiger partial charge in [0.15, 0.2) is 5.96 Å². The minimum atomic E-state index is -0.0637. The molecule has 1 N–H and O–H groups in total. The van der Waals surface area contributed by atoms with Crippen LogP contribution in [-0.2, 0) is 9.53 Å². The highest BCUT2D eigenvalue weighted by Crippen LogP contribution is 2.18. The first-order valence-electron chi connectivity index (χ1n) is 11.3. The molecule has 2 rings (SSSR count). The van der Waals surface area contributed by atoms with E-state index in [-0.39, 0.29) is 11.9 Å². The van der Waals surface area contributed by atoms with Gasteiger partial charge in [0.05, 0.1) is 12.5 Å². The third-order valence-electron chi connectivity index (χ3n) is 5.73. The SMILES string of the molecule is CCNC(=NCCCCN1CCN(CC)CC1)N1CCCC(C(=O)OCC)C1. The molecule has 2 aliphatic rings. The summed E-state index contributed by atoms with van der Waals surface area (Å²) in [6.45, 7) is 17.2. The van der Waals surface area contributed by atoms with Gasteiger partial charge in [0, 0.05) is 52.4 Å². The standard InChI is InChI=1S/C21H41N5O2/c1-4-22-21(26-13-9-10-19(18-26)20(27)28-6-3)23-11-7-8-12-25-16-14-24(5-2)15-17-25/h19H,4-18H2,1-3H3,(H,22,23). The lowest BCUT2D eigenvalue weighted by atomic mass is 9.98. The highest BCUT2D eigenvalue weighted by atomic mass is 16.5. The Morgan fingerprint density at radius 2 is 1.82 bits per heavy atom. The molecule has 7 nitrogen and oxygen atoms in total. The molecule has 1 atom stereocenters. The Morgan fingerprint density at radius 1 is 1.07 bits per heavy atom. The van der Waals surface area contributed by atoms with Crippen LogP contribution < -0.4 is 5.32 Å². The van der Waals surface area contributed by atoms with Crippen molar-refractivity contribution in [3.05, 3.63) is 0 Å². The number of hydrogen-bond donors (Lipinski definition) is 1. The predicted molar refractivity (Wildman–Crippen MR) is 115 cm³/mol. The number of ether oxygens (including phenoxy) is 1. The third-order valence-corrected chi connectivity index (χ3v) is 5.73. The molecule has 162 valence electrons. The number of hydrogen-bond acceptors (Lipinski definition) is 5. The summed E-state index contributed by atoms with van der Waals surface area (Å²) in [5, 5.41) is 3.40. The second-order valence-electron chi connectivity index (χ2n) is 7.76. The van der Waals surface area contributed by atoms with Gasteiger partial charge in [-0.3, -0.25) is 9.79 Å². The molecule has 28 heavy (non-hydrogen) atoms. The molecule has 1 unspecified atom stereocenters. The number of unbranched alkanes of at least 4 members (excludes halogenated alkanes) is 1. The van der Waals surface area contributed by atoms with Gasteiger partial charge in [0.2, 0.25) is 0 Å². The van der Waals surface area contributed by atoms with Crippen LogP contribution in [-0.4, -0.2) is 98.7 Å². The van der Waals surface area contributed by atoms with E-state index in [9.17, 15) is 4.79 Å². The van der Waals surface area contributed by atoms with E-state index < -0.39 is 0 Å². The summed E-state index contributed by atoms with van der Waals surface area (Å²) in [7, 11) is 0. The van der Waals surface area contributed by atoms with Crippen LogP contribution in [0.3, 0.4) is 0 Å². The lowest BCUT2D eigenvalue weighted by Crippen LogP contribution is -2.48. The number of rotatable bonds is 9. The smallest absolute Gasteiger partial charge is 0.310 e. The molecule has 0 saturated carbocycles.